The zero-order chi connectivity index (χ0) is 15.7. The van der Waals surface area contributed by atoms with E-state index in [4.69, 9.17) is 17.3 Å². The fourth-order valence-corrected chi connectivity index (χ4v) is 2.58. The van der Waals surface area contributed by atoms with Crippen molar-refractivity contribution in [3.8, 4) is 0 Å². The molecule has 112 valence electrons. The first kappa shape index (κ1) is 14.5. The number of rotatable bonds is 4. The van der Waals surface area contributed by atoms with Crippen molar-refractivity contribution in [3.05, 3.63) is 58.6 Å². The molecule has 1 aliphatic rings. The largest absolute Gasteiger partial charge is 0.364 e. The lowest BCUT2D eigenvalue weighted by Gasteiger charge is -2.06. The molecule has 0 unspecified atom stereocenters. The van der Waals surface area contributed by atoms with Crippen LogP contribution < -0.4 is 11.1 Å². The Morgan fingerprint density at radius 1 is 1.23 bits per heavy atom. The number of aromatic nitrogens is 2. The smallest absolute Gasteiger partial charge is 0.272 e. The van der Waals surface area contributed by atoms with Crippen molar-refractivity contribution in [2.45, 2.75) is 18.4 Å². The molecule has 22 heavy (non-hydrogen) atoms. The van der Waals surface area contributed by atoms with Crippen molar-refractivity contribution < 1.29 is 9.59 Å². The Hall–Kier alpha value is -2.47. The minimum absolute atomic E-state index is 0.00583. The van der Waals surface area contributed by atoms with Crippen molar-refractivity contribution in [2.24, 2.45) is 5.73 Å². The molecule has 0 spiro atoms. The summed E-state index contributed by atoms with van der Waals surface area (Å²) in [6.07, 6.45) is 3.49. The van der Waals surface area contributed by atoms with E-state index in [1.165, 1.54) is 12.4 Å². The van der Waals surface area contributed by atoms with Crippen LogP contribution in [0, 0.1) is 0 Å². The fourth-order valence-electron chi connectivity index (χ4n) is 2.38. The number of primary amides is 1. The average Bonchev–Trinajstić information content (AvgIpc) is 3.26. The molecule has 7 heteroatoms. The van der Waals surface area contributed by atoms with Crippen LogP contribution in [0.3, 0.4) is 0 Å². The first-order valence-corrected chi connectivity index (χ1v) is 7.11. The van der Waals surface area contributed by atoms with Gasteiger partial charge in [-0.1, -0.05) is 23.7 Å². The predicted molar refractivity (Wildman–Crippen MR) is 80.6 cm³/mol. The highest BCUT2D eigenvalue weighted by Crippen LogP contribution is 2.41. The molecule has 3 N–H and O–H groups in total. The second-order valence-corrected chi connectivity index (χ2v) is 5.53. The summed E-state index contributed by atoms with van der Waals surface area (Å²) in [5, 5.41) is 3.51. The maximum atomic E-state index is 12.2. The summed E-state index contributed by atoms with van der Waals surface area (Å²) in [7, 11) is 0. The van der Waals surface area contributed by atoms with Gasteiger partial charge in [0, 0.05) is 29.4 Å². The van der Waals surface area contributed by atoms with Gasteiger partial charge >= 0.3 is 0 Å². The zero-order valence-electron chi connectivity index (χ0n) is 11.5. The summed E-state index contributed by atoms with van der Waals surface area (Å²) in [6, 6.07) is 7.53. The van der Waals surface area contributed by atoms with Gasteiger partial charge in [0.1, 0.15) is 0 Å². The molecule has 1 heterocycles. The van der Waals surface area contributed by atoms with Crippen molar-refractivity contribution in [1.29, 1.82) is 0 Å². The maximum Gasteiger partial charge on any atom is 0.272 e. The van der Waals surface area contributed by atoms with Gasteiger partial charge in [0.25, 0.3) is 11.8 Å². The lowest BCUT2D eigenvalue weighted by molar-refractivity contribution is 0.0925. The first-order chi connectivity index (χ1) is 10.6. The van der Waals surface area contributed by atoms with E-state index in [0.29, 0.717) is 5.02 Å². The Morgan fingerprint density at radius 2 is 1.95 bits per heavy atom. The van der Waals surface area contributed by atoms with Gasteiger partial charge in [-0.25, -0.2) is 9.97 Å². The van der Waals surface area contributed by atoms with E-state index in [-0.39, 0.29) is 23.3 Å². The van der Waals surface area contributed by atoms with E-state index in [1.54, 1.807) is 6.07 Å². The number of benzene rings is 1. The van der Waals surface area contributed by atoms with E-state index >= 15 is 0 Å². The molecule has 1 fully saturated rings. The van der Waals surface area contributed by atoms with Gasteiger partial charge in [-0.2, -0.15) is 0 Å². The van der Waals surface area contributed by atoms with E-state index in [9.17, 15) is 9.59 Å². The molecule has 1 aromatic carbocycles. The number of hydrogen-bond donors (Lipinski definition) is 2. The monoisotopic (exact) mass is 316 g/mol. The summed E-state index contributed by atoms with van der Waals surface area (Å²) in [6.45, 7) is 0. The number of halogens is 1. The summed E-state index contributed by atoms with van der Waals surface area (Å²) in [4.78, 5) is 31.2. The van der Waals surface area contributed by atoms with E-state index in [0.717, 1.165) is 12.0 Å². The summed E-state index contributed by atoms with van der Waals surface area (Å²) < 4.78 is 0. The third-order valence-electron chi connectivity index (χ3n) is 3.53. The molecule has 2 amide bonds. The summed E-state index contributed by atoms with van der Waals surface area (Å²) in [5.74, 6) is -1.01. The van der Waals surface area contributed by atoms with Gasteiger partial charge in [-0.15, -0.1) is 0 Å². The molecular weight excluding hydrogens is 304 g/mol. The highest BCUT2D eigenvalue weighted by Gasteiger charge is 2.40. The number of hydrogen-bond acceptors (Lipinski definition) is 4. The van der Waals surface area contributed by atoms with Crippen LogP contribution in [0.2, 0.25) is 5.02 Å². The number of carbonyl (C=O) groups is 2. The quantitative estimate of drug-likeness (QED) is 0.893. The lowest BCUT2D eigenvalue weighted by Crippen LogP contribution is -2.30. The van der Waals surface area contributed by atoms with Crippen molar-refractivity contribution >= 4 is 23.4 Å². The standard InChI is InChI=1S/C15H13ClN4O2/c16-9-3-1-2-8(6-9)10-7-11(10)20-15(22)13-12(14(17)21)18-4-5-19-13/h1-6,10-11H,7H2,(H2,17,21)(H,20,22)/t10-,11-/m0/s1. The lowest BCUT2D eigenvalue weighted by atomic mass is 10.1. The molecule has 2 aromatic rings. The van der Waals surface area contributed by atoms with Crippen LogP contribution in [0.15, 0.2) is 36.7 Å². The van der Waals surface area contributed by atoms with Crippen molar-refractivity contribution in [3.63, 3.8) is 0 Å². The molecule has 1 aromatic heterocycles. The Balaban J connectivity index is 1.71. The first-order valence-electron chi connectivity index (χ1n) is 6.73. The summed E-state index contributed by atoms with van der Waals surface area (Å²) in [5.41, 5.74) is 6.10. The van der Waals surface area contributed by atoms with Crippen molar-refractivity contribution in [1.82, 2.24) is 15.3 Å². The van der Waals surface area contributed by atoms with Gasteiger partial charge in [0.15, 0.2) is 11.4 Å². The zero-order valence-corrected chi connectivity index (χ0v) is 12.2. The van der Waals surface area contributed by atoms with Gasteiger partial charge in [0.2, 0.25) is 0 Å². The Morgan fingerprint density at radius 3 is 2.64 bits per heavy atom. The highest BCUT2D eigenvalue weighted by molar-refractivity contribution is 6.30. The molecular formula is C15H13ClN4O2. The minimum Gasteiger partial charge on any atom is -0.364 e. The van der Waals surface area contributed by atoms with Gasteiger partial charge < -0.3 is 11.1 Å². The SMILES string of the molecule is NC(=O)c1nccnc1C(=O)N[C@H]1C[C@H]1c1cccc(Cl)c1. The van der Waals surface area contributed by atoms with E-state index in [1.807, 2.05) is 18.2 Å². The van der Waals surface area contributed by atoms with Crippen LogP contribution in [0.1, 0.15) is 38.9 Å². The number of carbonyl (C=O) groups excluding carboxylic acids is 2. The van der Waals surface area contributed by atoms with E-state index < -0.39 is 11.8 Å². The third kappa shape index (κ3) is 2.92. The Bertz CT molecular complexity index is 750. The molecule has 3 rings (SSSR count). The Labute approximate surface area is 131 Å². The number of amides is 2. The minimum atomic E-state index is -0.777. The average molecular weight is 317 g/mol. The summed E-state index contributed by atoms with van der Waals surface area (Å²) >= 11 is 5.96. The maximum absolute atomic E-state index is 12.2. The molecule has 0 radical (unpaired) electrons. The third-order valence-corrected chi connectivity index (χ3v) is 3.77. The second kappa shape index (κ2) is 5.73. The molecule has 0 saturated heterocycles. The Kier molecular flexibility index (Phi) is 3.77. The van der Waals surface area contributed by atoms with Crippen LogP contribution in [-0.2, 0) is 0 Å². The van der Waals surface area contributed by atoms with E-state index in [2.05, 4.69) is 15.3 Å². The van der Waals surface area contributed by atoms with Crippen LogP contribution in [0.5, 0.6) is 0 Å². The molecule has 0 aliphatic heterocycles. The van der Waals surface area contributed by atoms with Gasteiger partial charge in [-0.3, -0.25) is 9.59 Å². The van der Waals surface area contributed by atoms with Crippen LogP contribution in [0.25, 0.3) is 0 Å². The van der Waals surface area contributed by atoms with Gasteiger partial charge in [0.05, 0.1) is 0 Å². The molecule has 1 saturated carbocycles. The topological polar surface area (TPSA) is 98.0 Å². The normalized spacial score (nSPS) is 19.5. The van der Waals surface area contributed by atoms with Crippen LogP contribution >= 0.6 is 11.6 Å². The predicted octanol–water partition coefficient (Wildman–Crippen LogP) is 1.51. The molecule has 6 nitrogen and oxygen atoms in total. The number of nitrogens with zero attached hydrogens (tertiary/aromatic N) is 2. The second-order valence-electron chi connectivity index (χ2n) is 5.09. The molecule has 0 bridgehead atoms. The number of nitrogens with two attached hydrogens (primary N) is 1. The van der Waals surface area contributed by atoms with Gasteiger partial charge in [-0.05, 0) is 24.1 Å². The van der Waals surface area contributed by atoms with Crippen LogP contribution in [0.4, 0.5) is 0 Å². The van der Waals surface area contributed by atoms with Crippen LogP contribution in [-0.4, -0.2) is 27.8 Å². The molecule has 2 atom stereocenters. The van der Waals surface area contributed by atoms with Crippen molar-refractivity contribution in [2.75, 3.05) is 0 Å². The highest BCUT2D eigenvalue weighted by atomic mass is 35.5. The molecule has 1 aliphatic carbocycles. The fraction of sp³-hybridized carbons (Fsp3) is 0.200. The number of nitrogens with one attached hydrogen (secondary N) is 1.